The Morgan fingerprint density at radius 1 is 0.733 bits per heavy atom. The number of ether oxygens (including phenoxy) is 2. The summed E-state index contributed by atoms with van der Waals surface area (Å²) < 4.78 is 40.8. The molecule has 0 heterocycles. The average molecular weight is 427 g/mol. The molecule has 0 aliphatic rings. The van der Waals surface area contributed by atoms with Crippen molar-refractivity contribution in [1.82, 2.24) is 0 Å². The third-order valence-electron chi connectivity index (χ3n) is 4.47. The van der Waals surface area contributed by atoms with E-state index in [9.17, 15) is 8.42 Å². The third kappa shape index (κ3) is 6.99. The second-order valence-electron chi connectivity index (χ2n) is 6.87. The predicted octanol–water partition coefficient (Wildman–Crippen LogP) is 4.54. The molecule has 0 aliphatic heterocycles. The van der Waals surface area contributed by atoms with E-state index in [0.717, 1.165) is 22.4 Å². The van der Waals surface area contributed by atoms with E-state index in [0.29, 0.717) is 26.2 Å². The quantitative estimate of drug-likeness (QED) is 0.333. The molecule has 6 heteroatoms. The molecule has 30 heavy (non-hydrogen) atoms. The summed E-state index contributed by atoms with van der Waals surface area (Å²) in [7, 11) is -3.73. The Kier molecular flexibility index (Phi) is 8.02. The van der Waals surface area contributed by atoms with Gasteiger partial charge in [0, 0.05) is 0 Å². The number of rotatable bonds is 11. The van der Waals surface area contributed by atoms with E-state index in [2.05, 4.69) is 0 Å². The van der Waals surface area contributed by atoms with Crippen molar-refractivity contribution in [3.8, 4) is 5.75 Å². The van der Waals surface area contributed by atoms with Crippen molar-refractivity contribution in [1.29, 1.82) is 0 Å². The molecule has 0 N–H and O–H groups in total. The van der Waals surface area contributed by atoms with Crippen LogP contribution in [0, 0.1) is 6.92 Å². The molecule has 3 aromatic carbocycles. The highest BCUT2D eigenvalue weighted by Crippen LogP contribution is 2.16. The Morgan fingerprint density at radius 2 is 1.43 bits per heavy atom. The van der Waals surface area contributed by atoms with Gasteiger partial charge in [0.15, 0.2) is 0 Å². The molecule has 0 amide bonds. The van der Waals surface area contributed by atoms with Gasteiger partial charge >= 0.3 is 0 Å². The Hall–Kier alpha value is -2.67. The maximum atomic E-state index is 12.2. The van der Waals surface area contributed by atoms with Crippen LogP contribution < -0.4 is 4.74 Å². The van der Waals surface area contributed by atoms with Crippen molar-refractivity contribution >= 4 is 10.1 Å². The topological polar surface area (TPSA) is 61.8 Å². The minimum atomic E-state index is -3.73. The van der Waals surface area contributed by atoms with Crippen LogP contribution in [0.2, 0.25) is 0 Å². The lowest BCUT2D eigenvalue weighted by Crippen LogP contribution is -2.09. The Balaban J connectivity index is 1.36. The second-order valence-corrected chi connectivity index (χ2v) is 8.49. The Morgan fingerprint density at radius 3 is 2.13 bits per heavy atom. The van der Waals surface area contributed by atoms with Crippen LogP contribution in [0.5, 0.6) is 5.75 Å². The third-order valence-corrected chi connectivity index (χ3v) is 5.80. The lowest BCUT2D eigenvalue weighted by atomic mass is 10.1. The van der Waals surface area contributed by atoms with Crippen molar-refractivity contribution in [2.45, 2.75) is 24.8 Å². The molecule has 0 saturated carbocycles. The van der Waals surface area contributed by atoms with Crippen LogP contribution >= 0.6 is 0 Å². The molecule has 0 saturated heterocycles. The van der Waals surface area contributed by atoms with Crippen molar-refractivity contribution in [2.75, 3.05) is 19.8 Å². The normalized spacial score (nSPS) is 11.4. The van der Waals surface area contributed by atoms with Gasteiger partial charge in [-0.05, 0) is 48.7 Å². The van der Waals surface area contributed by atoms with Gasteiger partial charge in [0.25, 0.3) is 10.1 Å². The first-order chi connectivity index (χ1) is 14.5. The molecule has 0 unspecified atom stereocenters. The molecule has 0 aromatic heterocycles. The zero-order valence-electron chi connectivity index (χ0n) is 17.0. The summed E-state index contributed by atoms with van der Waals surface area (Å²) in [5.74, 6) is 0.746. The van der Waals surface area contributed by atoms with E-state index in [1.165, 1.54) is 0 Å². The summed E-state index contributed by atoms with van der Waals surface area (Å²) in [4.78, 5) is 0.173. The zero-order valence-corrected chi connectivity index (χ0v) is 17.8. The van der Waals surface area contributed by atoms with E-state index < -0.39 is 10.1 Å². The first-order valence-corrected chi connectivity index (χ1v) is 11.2. The molecule has 5 nitrogen and oxygen atoms in total. The van der Waals surface area contributed by atoms with E-state index in [1.54, 1.807) is 24.3 Å². The lowest BCUT2D eigenvalue weighted by molar-refractivity contribution is 0.0889. The van der Waals surface area contributed by atoms with Gasteiger partial charge < -0.3 is 9.47 Å². The van der Waals surface area contributed by atoms with Crippen LogP contribution in [0.1, 0.15) is 16.7 Å². The van der Waals surface area contributed by atoms with Crippen molar-refractivity contribution in [3.63, 3.8) is 0 Å². The summed E-state index contributed by atoms with van der Waals surface area (Å²) in [5.41, 5.74) is 3.11. The largest absolute Gasteiger partial charge is 0.491 e. The lowest BCUT2D eigenvalue weighted by Gasteiger charge is -2.09. The summed E-state index contributed by atoms with van der Waals surface area (Å²) in [6.07, 6.45) is 0.492. The summed E-state index contributed by atoms with van der Waals surface area (Å²) in [6, 6.07) is 24.1. The fourth-order valence-corrected chi connectivity index (χ4v) is 3.69. The molecule has 0 fully saturated rings. The smallest absolute Gasteiger partial charge is 0.296 e. The molecule has 0 atom stereocenters. The van der Waals surface area contributed by atoms with Crippen LogP contribution in [0.15, 0.2) is 83.8 Å². The first-order valence-electron chi connectivity index (χ1n) is 9.82. The van der Waals surface area contributed by atoms with E-state index >= 15 is 0 Å². The molecule has 3 rings (SSSR count). The second kappa shape index (κ2) is 10.9. The minimum absolute atomic E-state index is 0.0870. The summed E-state index contributed by atoms with van der Waals surface area (Å²) in [6.45, 7) is 3.52. The highest BCUT2D eigenvalue weighted by atomic mass is 32.2. The van der Waals surface area contributed by atoms with Crippen molar-refractivity contribution < 1.29 is 22.1 Å². The van der Waals surface area contributed by atoms with Crippen molar-refractivity contribution in [2.24, 2.45) is 0 Å². The van der Waals surface area contributed by atoms with Crippen LogP contribution in [0.25, 0.3) is 0 Å². The van der Waals surface area contributed by atoms with Gasteiger partial charge in [0.2, 0.25) is 0 Å². The average Bonchev–Trinajstić information content (AvgIpc) is 2.75. The molecule has 0 radical (unpaired) electrons. The van der Waals surface area contributed by atoms with E-state index in [-0.39, 0.29) is 11.5 Å². The van der Waals surface area contributed by atoms with Gasteiger partial charge in [-0.1, -0.05) is 60.2 Å². The highest BCUT2D eigenvalue weighted by molar-refractivity contribution is 7.86. The molecule has 0 spiro atoms. The van der Waals surface area contributed by atoms with Gasteiger partial charge in [-0.25, -0.2) is 0 Å². The van der Waals surface area contributed by atoms with E-state index in [4.69, 9.17) is 13.7 Å². The van der Waals surface area contributed by atoms with Gasteiger partial charge in [-0.2, -0.15) is 8.42 Å². The Labute approximate surface area is 178 Å². The van der Waals surface area contributed by atoms with Crippen LogP contribution in [0.3, 0.4) is 0 Å². The molecule has 3 aromatic rings. The molecular formula is C24H26O5S. The molecular weight excluding hydrogens is 400 g/mol. The zero-order chi connectivity index (χ0) is 21.2. The fraction of sp³-hybridized carbons (Fsp3) is 0.250. The van der Waals surface area contributed by atoms with Crippen LogP contribution in [-0.2, 0) is 32.1 Å². The molecule has 0 aliphatic carbocycles. The first kappa shape index (κ1) is 22.0. The number of benzene rings is 3. The molecule has 158 valence electrons. The number of hydrogen-bond acceptors (Lipinski definition) is 5. The number of aryl methyl sites for hydroxylation is 1. The maximum absolute atomic E-state index is 12.2. The fourth-order valence-electron chi connectivity index (χ4n) is 2.78. The molecule has 0 bridgehead atoms. The van der Waals surface area contributed by atoms with Crippen molar-refractivity contribution in [3.05, 3.63) is 95.6 Å². The van der Waals surface area contributed by atoms with Gasteiger partial charge in [0.05, 0.1) is 24.7 Å². The van der Waals surface area contributed by atoms with Gasteiger partial charge in [-0.15, -0.1) is 0 Å². The van der Waals surface area contributed by atoms with Gasteiger partial charge in [-0.3, -0.25) is 4.18 Å². The highest BCUT2D eigenvalue weighted by Gasteiger charge is 2.14. The SMILES string of the molecule is Cc1ccc(S(=O)(=O)OCCc2ccc(OCCOCc3ccccc3)cc2)cc1. The Bertz CT molecular complexity index is 998. The maximum Gasteiger partial charge on any atom is 0.296 e. The van der Waals surface area contributed by atoms with Gasteiger partial charge in [0.1, 0.15) is 12.4 Å². The number of hydrogen-bond donors (Lipinski definition) is 0. The summed E-state index contributed by atoms with van der Waals surface area (Å²) in [5, 5.41) is 0. The monoisotopic (exact) mass is 426 g/mol. The van der Waals surface area contributed by atoms with E-state index in [1.807, 2.05) is 61.5 Å². The van der Waals surface area contributed by atoms with Crippen LogP contribution in [0.4, 0.5) is 0 Å². The minimum Gasteiger partial charge on any atom is -0.491 e. The predicted molar refractivity (Wildman–Crippen MR) is 116 cm³/mol. The summed E-state index contributed by atoms with van der Waals surface area (Å²) >= 11 is 0. The standard InChI is InChI=1S/C24H26O5S/c1-20-7-13-24(14-8-20)30(25,26)29-16-15-21-9-11-23(12-10-21)28-18-17-27-19-22-5-3-2-4-6-22/h2-14H,15-19H2,1H3. The van der Waals surface area contributed by atoms with Crippen LogP contribution in [-0.4, -0.2) is 28.2 Å².